The molecule has 148 valence electrons. The molecule has 2 aromatic carbocycles. The number of aromatic nitrogens is 2. The molecule has 1 amide bonds. The van der Waals surface area contributed by atoms with Crippen LogP contribution in [0.4, 0.5) is 0 Å². The van der Waals surface area contributed by atoms with Crippen molar-refractivity contribution in [1.29, 1.82) is 0 Å². The number of hydrazone groups is 1. The number of amides is 1. The van der Waals surface area contributed by atoms with Crippen LogP contribution >= 0.6 is 0 Å². The van der Waals surface area contributed by atoms with Crippen molar-refractivity contribution in [2.45, 2.75) is 39.0 Å². The van der Waals surface area contributed by atoms with Crippen LogP contribution in [0, 0.1) is 12.8 Å². The van der Waals surface area contributed by atoms with Crippen molar-refractivity contribution in [3.05, 3.63) is 71.9 Å². The Labute approximate surface area is 171 Å². The molecule has 0 aliphatic heterocycles. The second kappa shape index (κ2) is 8.86. The molecule has 29 heavy (non-hydrogen) atoms. The standard InChI is InChI=1S/C24H26N4O/c1-18-12-14-19(15-13-18)23-21(17-28(27-23)22-10-6-3-7-11-22)16-25-26-24(29)20-8-4-2-5-9-20/h3,6-7,10-17,20H,2,4-5,8-9H2,1H3,(H,26,29)/b25-16+. The van der Waals surface area contributed by atoms with Gasteiger partial charge in [0.15, 0.2) is 0 Å². The molecule has 0 bridgehead atoms. The highest BCUT2D eigenvalue weighted by molar-refractivity contribution is 5.90. The average molecular weight is 386 g/mol. The van der Waals surface area contributed by atoms with Gasteiger partial charge in [0.1, 0.15) is 5.69 Å². The maximum Gasteiger partial charge on any atom is 0.243 e. The minimum atomic E-state index is 0.0216. The Morgan fingerprint density at radius 3 is 2.52 bits per heavy atom. The van der Waals surface area contributed by atoms with Crippen molar-refractivity contribution in [2.75, 3.05) is 0 Å². The smallest absolute Gasteiger partial charge is 0.243 e. The van der Waals surface area contributed by atoms with E-state index in [1.165, 1.54) is 12.0 Å². The molecule has 0 unspecified atom stereocenters. The summed E-state index contributed by atoms with van der Waals surface area (Å²) < 4.78 is 1.85. The number of para-hydroxylation sites is 1. The summed E-state index contributed by atoms with van der Waals surface area (Å²) in [6.45, 7) is 2.06. The molecule has 5 nitrogen and oxygen atoms in total. The van der Waals surface area contributed by atoms with Crippen LogP contribution in [0.15, 0.2) is 65.9 Å². The van der Waals surface area contributed by atoms with E-state index in [1.54, 1.807) is 6.21 Å². The fraction of sp³-hybridized carbons (Fsp3) is 0.292. The van der Waals surface area contributed by atoms with Crippen LogP contribution in [0.3, 0.4) is 0 Å². The fourth-order valence-electron chi connectivity index (χ4n) is 3.75. The maximum atomic E-state index is 12.4. The SMILES string of the molecule is Cc1ccc(-c2nn(-c3ccccc3)cc2/C=N/NC(=O)C2CCCCC2)cc1. The first-order valence-electron chi connectivity index (χ1n) is 10.3. The predicted molar refractivity (Wildman–Crippen MR) is 116 cm³/mol. The predicted octanol–water partition coefficient (Wildman–Crippen LogP) is 4.88. The number of aryl methyl sites for hydroxylation is 1. The molecule has 1 N–H and O–H groups in total. The van der Waals surface area contributed by atoms with E-state index in [1.807, 2.05) is 41.2 Å². The molecule has 5 heteroatoms. The van der Waals surface area contributed by atoms with Crippen LogP contribution in [0.25, 0.3) is 16.9 Å². The third-order valence-electron chi connectivity index (χ3n) is 5.44. The second-order valence-corrected chi connectivity index (χ2v) is 7.65. The molecular weight excluding hydrogens is 360 g/mol. The number of hydrogen-bond acceptors (Lipinski definition) is 3. The molecule has 0 radical (unpaired) electrons. The molecular formula is C24H26N4O. The van der Waals surface area contributed by atoms with Crippen molar-refractivity contribution in [1.82, 2.24) is 15.2 Å². The van der Waals surface area contributed by atoms with E-state index in [-0.39, 0.29) is 11.8 Å². The van der Waals surface area contributed by atoms with E-state index in [2.05, 4.69) is 41.7 Å². The zero-order valence-electron chi connectivity index (χ0n) is 16.7. The van der Waals surface area contributed by atoms with Crippen molar-refractivity contribution < 1.29 is 4.79 Å². The Morgan fingerprint density at radius 2 is 1.79 bits per heavy atom. The van der Waals surface area contributed by atoms with Gasteiger partial charge in [-0.15, -0.1) is 0 Å². The van der Waals surface area contributed by atoms with Crippen molar-refractivity contribution >= 4 is 12.1 Å². The number of carbonyl (C=O) groups excluding carboxylic acids is 1. The molecule has 1 saturated carbocycles. The highest BCUT2D eigenvalue weighted by Gasteiger charge is 2.20. The molecule has 1 aliphatic rings. The quantitative estimate of drug-likeness (QED) is 0.502. The van der Waals surface area contributed by atoms with Gasteiger partial charge in [0.05, 0.1) is 11.9 Å². The minimum Gasteiger partial charge on any atom is -0.273 e. The summed E-state index contributed by atoms with van der Waals surface area (Å²) in [5.74, 6) is 0.109. The van der Waals surface area contributed by atoms with E-state index < -0.39 is 0 Å². The Hall–Kier alpha value is -3.21. The highest BCUT2D eigenvalue weighted by atomic mass is 16.2. The summed E-state index contributed by atoms with van der Waals surface area (Å²) in [7, 11) is 0. The molecule has 1 aliphatic carbocycles. The molecule has 0 saturated heterocycles. The molecule has 0 atom stereocenters. The summed E-state index contributed by atoms with van der Waals surface area (Å²) in [4.78, 5) is 12.4. The molecule has 1 fully saturated rings. The average Bonchev–Trinajstić information content (AvgIpc) is 3.19. The van der Waals surface area contributed by atoms with Crippen molar-refractivity contribution in [3.8, 4) is 16.9 Å². The van der Waals surface area contributed by atoms with Gasteiger partial charge in [-0.3, -0.25) is 4.79 Å². The van der Waals surface area contributed by atoms with E-state index >= 15 is 0 Å². The summed E-state index contributed by atoms with van der Waals surface area (Å²) >= 11 is 0. The van der Waals surface area contributed by atoms with Gasteiger partial charge in [0.2, 0.25) is 5.91 Å². The summed E-state index contributed by atoms with van der Waals surface area (Å²) in [5, 5.41) is 9.03. The minimum absolute atomic E-state index is 0.0216. The number of rotatable bonds is 5. The zero-order valence-corrected chi connectivity index (χ0v) is 16.7. The van der Waals surface area contributed by atoms with Gasteiger partial charge in [-0.05, 0) is 31.9 Å². The van der Waals surface area contributed by atoms with E-state index in [4.69, 9.17) is 5.10 Å². The lowest BCUT2D eigenvalue weighted by Crippen LogP contribution is -2.28. The summed E-state index contributed by atoms with van der Waals surface area (Å²) in [6, 6.07) is 18.2. The highest BCUT2D eigenvalue weighted by Crippen LogP contribution is 2.24. The summed E-state index contributed by atoms with van der Waals surface area (Å²) in [6.07, 6.45) is 9.05. The second-order valence-electron chi connectivity index (χ2n) is 7.65. The number of hydrogen-bond donors (Lipinski definition) is 1. The van der Waals surface area contributed by atoms with Gasteiger partial charge < -0.3 is 0 Å². The molecule has 3 aromatic rings. The zero-order chi connectivity index (χ0) is 20.1. The van der Waals surface area contributed by atoms with E-state index in [0.29, 0.717) is 0 Å². The maximum absolute atomic E-state index is 12.4. The van der Waals surface area contributed by atoms with Gasteiger partial charge >= 0.3 is 0 Å². The van der Waals surface area contributed by atoms with Gasteiger partial charge in [-0.1, -0.05) is 67.3 Å². The van der Waals surface area contributed by atoms with E-state index in [0.717, 1.165) is 48.2 Å². The van der Waals surface area contributed by atoms with Gasteiger partial charge in [0, 0.05) is 23.2 Å². The van der Waals surface area contributed by atoms with Gasteiger partial charge in [-0.25, -0.2) is 10.1 Å². The van der Waals surface area contributed by atoms with Crippen LogP contribution in [-0.2, 0) is 4.79 Å². The largest absolute Gasteiger partial charge is 0.273 e. The third-order valence-corrected chi connectivity index (χ3v) is 5.44. The normalized spacial score (nSPS) is 14.9. The monoisotopic (exact) mass is 386 g/mol. The number of carbonyl (C=O) groups is 1. The van der Waals surface area contributed by atoms with Crippen LogP contribution in [0.1, 0.15) is 43.2 Å². The Morgan fingerprint density at radius 1 is 1.07 bits per heavy atom. The van der Waals surface area contributed by atoms with Gasteiger partial charge in [-0.2, -0.15) is 10.2 Å². The van der Waals surface area contributed by atoms with Crippen LogP contribution in [0.5, 0.6) is 0 Å². The lowest BCUT2D eigenvalue weighted by Gasteiger charge is -2.19. The van der Waals surface area contributed by atoms with Crippen molar-refractivity contribution in [3.63, 3.8) is 0 Å². The lowest BCUT2D eigenvalue weighted by molar-refractivity contribution is -0.125. The first-order chi connectivity index (χ1) is 14.2. The molecule has 0 spiro atoms. The number of nitrogens with zero attached hydrogens (tertiary/aromatic N) is 3. The molecule has 1 heterocycles. The van der Waals surface area contributed by atoms with Gasteiger partial charge in [0.25, 0.3) is 0 Å². The van der Waals surface area contributed by atoms with Crippen LogP contribution < -0.4 is 5.43 Å². The van der Waals surface area contributed by atoms with Crippen LogP contribution in [-0.4, -0.2) is 21.9 Å². The van der Waals surface area contributed by atoms with Crippen molar-refractivity contribution in [2.24, 2.45) is 11.0 Å². The lowest BCUT2D eigenvalue weighted by atomic mass is 9.89. The van der Waals surface area contributed by atoms with E-state index in [9.17, 15) is 4.79 Å². The molecule has 4 rings (SSSR count). The molecule has 1 aromatic heterocycles. The first kappa shape index (κ1) is 19.1. The van der Waals surface area contributed by atoms with Crippen LogP contribution in [0.2, 0.25) is 0 Å². The Kier molecular flexibility index (Phi) is 5.84. The number of benzene rings is 2. The Balaban J connectivity index is 1.59. The summed E-state index contributed by atoms with van der Waals surface area (Å²) in [5.41, 5.74) is 7.63. The third kappa shape index (κ3) is 4.62. The first-order valence-corrected chi connectivity index (χ1v) is 10.3. The topological polar surface area (TPSA) is 59.3 Å². The Bertz CT molecular complexity index is 983. The fourth-order valence-corrected chi connectivity index (χ4v) is 3.75. The number of nitrogens with one attached hydrogen (secondary N) is 1.